The van der Waals surface area contributed by atoms with Crippen LogP contribution in [0.2, 0.25) is 0 Å². The van der Waals surface area contributed by atoms with E-state index in [4.69, 9.17) is 4.42 Å². The van der Waals surface area contributed by atoms with Crippen molar-refractivity contribution in [2.24, 2.45) is 5.92 Å². The van der Waals surface area contributed by atoms with Crippen LogP contribution >= 0.6 is 0 Å². The fourth-order valence-electron chi connectivity index (χ4n) is 1.66. The molecule has 4 nitrogen and oxygen atoms in total. The Kier molecular flexibility index (Phi) is 3.98. The van der Waals surface area contributed by atoms with Gasteiger partial charge in [0.05, 0.1) is 12.4 Å². The van der Waals surface area contributed by atoms with Gasteiger partial charge >= 0.3 is 0 Å². The van der Waals surface area contributed by atoms with Gasteiger partial charge in [0.15, 0.2) is 0 Å². The zero-order valence-corrected chi connectivity index (χ0v) is 9.63. The number of carbonyl (C=O) groups excluding carboxylic acids is 1. The lowest BCUT2D eigenvalue weighted by Crippen LogP contribution is -2.26. The lowest BCUT2D eigenvalue weighted by atomic mass is 10.2. The second-order valence-electron chi connectivity index (χ2n) is 4.33. The zero-order chi connectivity index (χ0) is 12.1. The molecule has 17 heavy (non-hydrogen) atoms. The monoisotopic (exact) mass is 235 g/mol. The van der Waals surface area contributed by atoms with Crippen LogP contribution < -0.4 is 5.32 Å². The molecule has 0 saturated heterocycles. The maximum Gasteiger partial charge on any atom is 0.244 e. The van der Waals surface area contributed by atoms with E-state index < -0.39 is 0 Å². The summed E-state index contributed by atoms with van der Waals surface area (Å²) in [5.41, 5.74) is 0. The van der Waals surface area contributed by atoms with E-state index in [0.717, 1.165) is 12.8 Å². The van der Waals surface area contributed by atoms with Crippen molar-refractivity contribution >= 4 is 12.0 Å². The first-order chi connectivity index (χ1) is 8.25. The average Bonchev–Trinajstić information content (AvgIpc) is 3.04. The summed E-state index contributed by atoms with van der Waals surface area (Å²) >= 11 is 0. The van der Waals surface area contributed by atoms with Gasteiger partial charge in [-0.25, -0.2) is 0 Å². The van der Waals surface area contributed by atoms with E-state index >= 15 is 0 Å². The summed E-state index contributed by atoms with van der Waals surface area (Å²) in [6.07, 6.45) is 7.22. The fraction of sp³-hybridized carbons (Fsp3) is 0.462. The van der Waals surface area contributed by atoms with E-state index in [2.05, 4.69) is 5.32 Å². The lowest BCUT2D eigenvalue weighted by molar-refractivity contribution is -0.116. The Balaban J connectivity index is 1.63. The minimum absolute atomic E-state index is 0.163. The predicted octanol–water partition coefficient (Wildman–Crippen LogP) is 1.57. The highest BCUT2D eigenvalue weighted by Crippen LogP contribution is 2.33. The molecule has 1 heterocycles. The van der Waals surface area contributed by atoms with Crippen LogP contribution in [0.3, 0.4) is 0 Å². The van der Waals surface area contributed by atoms with Crippen LogP contribution in [-0.4, -0.2) is 23.7 Å². The minimum Gasteiger partial charge on any atom is -0.465 e. The quantitative estimate of drug-likeness (QED) is 0.736. The number of rotatable bonds is 6. The molecule has 1 atom stereocenters. The standard InChI is InChI=1S/C13H17NO3/c15-12(10-3-4-10)7-8-14-13(16)6-5-11-2-1-9-17-11/h1-2,5-6,9-10,12,15H,3-4,7-8H2,(H,14,16). The van der Waals surface area contributed by atoms with Gasteiger partial charge < -0.3 is 14.8 Å². The second kappa shape index (κ2) is 5.68. The molecule has 1 aliphatic rings. The molecule has 0 aliphatic heterocycles. The lowest BCUT2D eigenvalue weighted by Gasteiger charge is -2.08. The summed E-state index contributed by atoms with van der Waals surface area (Å²) in [4.78, 5) is 11.4. The van der Waals surface area contributed by atoms with E-state index in [1.807, 2.05) is 0 Å². The Morgan fingerprint density at radius 3 is 3.12 bits per heavy atom. The van der Waals surface area contributed by atoms with Crippen molar-refractivity contribution < 1.29 is 14.3 Å². The highest BCUT2D eigenvalue weighted by molar-refractivity contribution is 5.91. The van der Waals surface area contributed by atoms with Crippen molar-refractivity contribution in [1.82, 2.24) is 5.32 Å². The topological polar surface area (TPSA) is 62.5 Å². The van der Waals surface area contributed by atoms with Crippen molar-refractivity contribution in [2.45, 2.75) is 25.4 Å². The third kappa shape index (κ3) is 4.07. The van der Waals surface area contributed by atoms with Crippen LogP contribution in [0.25, 0.3) is 6.08 Å². The van der Waals surface area contributed by atoms with E-state index in [1.165, 1.54) is 6.08 Å². The SMILES string of the molecule is O=C(C=Cc1ccco1)NCCC(O)C1CC1. The van der Waals surface area contributed by atoms with Gasteiger partial charge in [0, 0.05) is 12.6 Å². The normalized spacial score (nSPS) is 17.2. The van der Waals surface area contributed by atoms with Crippen LogP contribution in [-0.2, 0) is 4.79 Å². The van der Waals surface area contributed by atoms with Crippen molar-refractivity contribution in [3.8, 4) is 0 Å². The Bertz CT molecular complexity index is 379. The zero-order valence-electron chi connectivity index (χ0n) is 9.63. The molecule has 1 aromatic rings. The molecule has 2 rings (SSSR count). The van der Waals surface area contributed by atoms with Crippen LogP contribution in [0.1, 0.15) is 25.0 Å². The number of carbonyl (C=O) groups is 1. The van der Waals surface area contributed by atoms with E-state index in [9.17, 15) is 9.90 Å². The van der Waals surface area contributed by atoms with Crippen LogP contribution in [0.15, 0.2) is 28.9 Å². The molecule has 1 unspecified atom stereocenters. The molecule has 0 bridgehead atoms. The maximum absolute atomic E-state index is 11.4. The Hall–Kier alpha value is -1.55. The Morgan fingerprint density at radius 2 is 2.47 bits per heavy atom. The van der Waals surface area contributed by atoms with Gasteiger partial charge in [0.1, 0.15) is 5.76 Å². The largest absolute Gasteiger partial charge is 0.465 e. The first-order valence-electron chi connectivity index (χ1n) is 5.93. The molecule has 0 aromatic carbocycles. The summed E-state index contributed by atoms with van der Waals surface area (Å²) in [6, 6.07) is 3.55. The Morgan fingerprint density at radius 1 is 1.65 bits per heavy atom. The van der Waals surface area contributed by atoms with Gasteiger partial charge in [-0.1, -0.05) is 0 Å². The molecular weight excluding hydrogens is 218 g/mol. The molecule has 4 heteroatoms. The molecule has 0 radical (unpaired) electrons. The first kappa shape index (κ1) is 11.9. The van der Waals surface area contributed by atoms with E-state index in [0.29, 0.717) is 24.6 Å². The van der Waals surface area contributed by atoms with Gasteiger partial charge in [-0.3, -0.25) is 4.79 Å². The number of aliphatic hydroxyl groups is 1. The van der Waals surface area contributed by atoms with Gasteiger partial charge in [-0.2, -0.15) is 0 Å². The van der Waals surface area contributed by atoms with Crippen molar-refractivity contribution in [3.63, 3.8) is 0 Å². The number of amides is 1. The van der Waals surface area contributed by atoms with Crippen LogP contribution in [0.4, 0.5) is 0 Å². The third-order valence-corrected chi connectivity index (χ3v) is 2.85. The average molecular weight is 235 g/mol. The van der Waals surface area contributed by atoms with Crippen molar-refractivity contribution in [1.29, 1.82) is 0 Å². The second-order valence-corrected chi connectivity index (χ2v) is 4.33. The highest BCUT2D eigenvalue weighted by atomic mass is 16.3. The first-order valence-corrected chi connectivity index (χ1v) is 5.93. The van der Waals surface area contributed by atoms with Crippen LogP contribution in [0.5, 0.6) is 0 Å². The summed E-state index contributed by atoms with van der Waals surface area (Å²) in [6.45, 7) is 0.513. The van der Waals surface area contributed by atoms with E-state index in [-0.39, 0.29) is 12.0 Å². The molecule has 92 valence electrons. The predicted molar refractivity (Wildman–Crippen MR) is 64.1 cm³/mol. The summed E-state index contributed by atoms with van der Waals surface area (Å²) in [5, 5.41) is 12.3. The molecular formula is C13H17NO3. The highest BCUT2D eigenvalue weighted by Gasteiger charge is 2.28. The van der Waals surface area contributed by atoms with Gasteiger partial charge in [0.25, 0.3) is 0 Å². The third-order valence-electron chi connectivity index (χ3n) is 2.85. The molecule has 1 amide bonds. The number of aliphatic hydroxyl groups excluding tert-OH is 1. The van der Waals surface area contributed by atoms with Gasteiger partial charge in [-0.05, 0) is 43.4 Å². The summed E-state index contributed by atoms with van der Waals surface area (Å²) in [7, 11) is 0. The summed E-state index contributed by atoms with van der Waals surface area (Å²) < 4.78 is 5.06. The Labute approximate surface area is 100 Å². The van der Waals surface area contributed by atoms with Crippen LogP contribution in [0, 0.1) is 5.92 Å². The molecule has 1 fully saturated rings. The molecule has 1 aromatic heterocycles. The summed E-state index contributed by atoms with van der Waals surface area (Å²) in [5.74, 6) is 0.952. The molecule has 0 spiro atoms. The minimum atomic E-state index is -0.260. The fourth-order valence-corrected chi connectivity index (χ4v) is 1.66. The number of hydrogen-bond acceptors (Lipinski definition) is 3. The smallest absolute Gasteiger partial charge is 0.244 e. The molecule has 1 aliphatic carbocycles. The van der Waals surface area contributed by atoms with Crippen molar-refractivity contribution in [3.05, 3.63) is 30.2 Å². The number of furan rings is 1. The van der Waals surface area contributed by atoms with E-state index in [1.54, 1.807) is 24.5 Å². The maximum atomic E-state index is 11.4. The van der Waals surface area contributed by atoms with Gasteiger partial charge in [0.2, 0.25) is 5.91 Å². The van der Waals surface area contributed by atoms with Gasteiger partial charge in [-0.15, -0.1) is 0 Å². The number of nitrogens with one attached hydrogen (secondary N) is 1. The number of hydrogen-bond donors (Lipinski definition) is 2. The molecule has 1 saturated carbocycles. The molecule has 2 N–H and O–H groups in total. The van der Waals surface area contributed by atoms with Crippen molar-refractivity contribution in [2.75, 3.05) is 6.54 Å².